The summed E-state index contributed by atoms with van der Waals surface area (Å²) in [6.07, 6.45) is 2.84. The van der Waals surface area contributed by atoms with Crippen molar-refractivity contribution in [2.24, 2.45) is 5.73 Å². The molecule has 1 aromatic rings. The van der Waals surface area contributed by atoms with Crippen LogP contribution in [-0.2, 0) is 11.2 Å². The molecule has 3 rings (SSSR count). The molecule has 0 spiro atoms. The normalized spacial score (nSPS) is 24.4. The van der Waals surface area contributed by atoms with Crippen molar-refractivity contribution < 1.29 is 4.79 Å². The number of amides is 1. The quantitative estimate of drug-likeness (QED) is 0.816. The molecule has 1 amide bonds. The number of nitrogens with two attached hydrogens (primary N) is 1. The molecule has 2 aliphatic heterocycles. The molecule has 0 saturated carbocycles. The minimum Gasteiger partial charge on any atom is -0.323 e. The van der Waals surface area contributed by atoms with E-state index in [4.69, 9.17) is 5.73 Å². The Balaban J connectivity index is 1.87. The van der Waals surface area contributed by atoms with Crippen LogP contribution in [-0.4, -0.2) is 25.5 Å². The van der Waals surface area contributed by atoms with E-state index in [2.05, 4.69) is 17.4 Å². The van der Waals surface area contributed by atoms with Gasteiger partial charge in [0.1, 0.15) is 0 Å². The minimum absolute atomic E-state index is 0.0267. The molecule has 0 aliphatic carbocycles. The summed E-state index contributed by atoms with van der Waals surface area (Å²) in [6.45, 7) is 1.06. The lowest BCUT2D eigenvalue weighted by Gasteiger charge is -2.20. The zero-order valence-electron chi connectivity index (χ0n) is 10.6. The van der Waals surface area contributed by atoms with Gasteiger partial charge in [-0.05, 0) is 36.6 Å². The monoisotopic (exact) mass is 245 g/mol. The van der Waals surface area contributed by atoms with Crippen molar-refractivity contribution in [1.82, 2.24) is 5.32 Å². The van der Waals surface area contributed by atoms with Crippen LogP contribution in [0.25, 0.3) is 0 Å². The van der Waals surface area contributed by atoms with Crippen LogP contribution in [0.3, 0.4) is 0 Å². The first-order valence-corrected chi connectivity index (χ1v) is 6.55. The van der Waals surface area contributed by atoms with E-state index < -0.39 is 0 Å². The van der Waals surface area contributed by atoms with Crippen LogP contribution < -0.4 is 16.0 Å². The number of nitrogens with one attached hydrogen (secondary N) is 1. The second-order valence-corrected chi connectivity index (χ2v) is 5.25. The van der Waals surface area contributed by atoms with E-state index in [9.17, 15) is 4.79 Å². The predicted molar refractivity (Wildman–Crippen MR) is 71.5 cm³/mol. The van der Waals surface area contributed by atoms with Gasteiger partial charge in [0.25, 0.3) is 0 Å². The lowest BCUT2D eigenvalue weighted by atomic mass is 9.96. The molecule has 1 saturated heterocycles. The van der Waals surface area contributed by atoms with E-state index >= 15 is 0 Å². The number of fused-ring (bicyclic) bond motifs is 1. The summed E-state index contributed by atoms with van der Waals surface area (Å²) in [5.74, 6) is 0.162. The SMILES string of the molecule is CN1C(=O)Cc2cc(C(N)C3CCCN3)ccc21. The molecule has 0 radical (unpaired) electrons. The zero-order chi connectivity index (χ0) is 12.7. The molecule has 1 fully saturated rings. The number of likely N-dealkylation sites (N-methyl/N-ethyl adjacent to an activating group) is 1. The summed E-state index contributed by atoms with van der Waals surface area (Å²) >= 11 is 0. The van der Waals surface area contributed by atoms with E-state index in [1.165, 1.54) is 6.42 Å². The van der Waals surface area contributed by atoms with Gasteiger partial charge in [-0.1, -0.05) is 12.1 Å². The first kappa shape index (κ1) is 11.7. The predicted octanol–water partition coefficient (Wildman–Crippen LogP) is 0.957. The highest BCUT2D eigenvalue weighted by molar-refractivity contribution is 6.00. The molecular formula is C14H19N3O. The fraction of sp³-hybridized carbons (Fsp3) is 0.500. The Hall–Kier alpha value is -1.39. The Kier molecular flexibility index (Phi) is 2.84. The number of nitrogens with zero attached hydrogens (tertiary/aromatic N) is 1. The van der Waals surface area contributed by atoms with Crippen LogP contribution in [0.2, 0.25) is 0 Å². The second kappa shape index (κ2) is 4.37. The van der Waals surface area contributed by atoms with Gasteiger partial charge in [-0.25, -0.2) is 0 Å². The van der Waals surface area contributed by atoms with Crippen molar-refractivity contribution in [1.29, 1.82) is 0 Å². The second-order valence-electron chi connectivity index (χ2n) is 5.25. The summed E-state index contributed by atoms with van der Waals surface area (Å²) in [5, 5.41) is 3.44. The molecule has 4 nitrogen and oxygen atoms in total. The number of hydrogen-bond donors (Lipinski definition) is 2. The van der Waals surface area contributed by atoms with E-state index in [0.717, 1.165) is 29.8 Å². The van der Waals surface area contributed by atoms with Crippen LogP contribution >= 0.6 is 0 Å². The van der Waals surface area contributed by atoms with E-state index in [1.54, 1.807) is 4.90 Å². The lowest BCUT2D eigenvalue weighted by Crippen LogP contribution is -2.34. The van der Waals surface area contributed by atoms with Gasteiger partial charge in [-0.15, -0.1) is 0 Å². The van der Waals surface area contributed by atoms with Gasteiger partial charge in [-0.2, -0.15) is 0 Å². The molecule has 18 heavy (non-hydrogen) atoms. The van der Waals surface area contributed by atoms with Crippen molar-refractivity contribution in [3.05, 3.63) is 29.3 Å². The summed E-state index contributed by atoms with van der Waals surface area (Å²) in [7, 11) is 1.83. The highest BCUT2D eigenvalue weighted by Gasteiger charge is 2.27. The van der Waals surface area contributed by atoms with Crippen LogP contribution in [0.1, 0.15) is 30.0 Å². The molecule has 2 aliphatic rings. The van der Waals surface area contributed by atoms with Crippen molar-refractivity contribution in [2.45, 2.75) is 31.3 Å². The molecule has 1 aromatic carbocycles. The summed E-state index contributed by atoms with van der Waals surface area (Å²) in [5.41, 5.74) is 9.57. The Morgan fingerprint density at radius 3 is 3.06 bits per heavy atom. The van der Waals surface area contributed by atoms with E-state index in [0.29, 0.717) is 12.5 Å². The molecule has 2 unspecified atom stereocenters. The third kappa shape index (κ3) is 1.82. The first-order chi connectivity index (χ1) is 8.66. The van der Waals surface area contributed by atoms with Gasteiger partial charge < -0.3 is 16.0 Å². The van der Waals surface area contributed by atoms with Gasteiger partial charge in [0, 0.05) is 24.8 Å². The Morgan fingerprint density at radius 2 is 2.33 bits per heavy atom. The van der Waals surface area contributed by atoms with Crippen LogP contribution in [0.15, 0.2) is 18.2 Å². The minimum atomic E-state index is 0.0267. The van der Waals surface area contributed by atoms with Crippen molar-refractivity contribution in [2.75, 3.05) is 18.5 Å². The number of anilines is 1. The third-order valence-electron chi connectivity index (χ3n) is 4.10. The Bertz CT molecular complexity index is 480. The van der Waals surface area contributed by atoms with Crippen molar-refractivity contribution >= 4 is 11.6 Å². The number of carbonyl (C=O) groups is 1. The van der Waals surface area contributed by atoms with Crippen molar-refractivity contribution in [3.8, 4) is 0 Å². The van der Waals surface area contributed by atoms with Crippen LogP contribution in [0.4, 0.5) is 5.69 Å². The molecule has 0 aromatic heterocycles. The fourth-order valence-electron chi connectivity index (χ4n) is 2.95. The fourth-order valence-corrected chi connectivity index (χ4v) is 2.95. The molecular weight excluding hydrogens is 226 g/mol. The molecule has 3 N–H and O–H groups in total. The molecule has 4 heteroatoms. The summed E-state index contributed by atoms with van der Waals surface area (Å²) < 4.78 is 0. The topological polar surface area (TPSA) is 58.4 Å². The molecule has 2 heterocycles. The smallest absolute Gasteiger partial charge is 0.231 e. The standard InChI is InChI=1S/C14H19N3O/c1-17-12-5-4-9(7-10(12)8-13(17)18)14(15)11-3-2-6-16-11/h4-5,7,11,14,16H,2-3,6,8,15H2,1H3. The maximum Gasteiger partial charge on any atom is 0.231 e. The molecule has 96 valence electrons. The Morgan fingerprint density at radius 1 is 1.50 bits per heavy atom. The largest absolute Gasteiger partial charge is 0.323 e. The maximum absolute atomic E-state index is 11.7. The number of rotatable bonds is 2. The van der Waals surface area contributed by atoms with E-state index in [1.807, 2.05) is 13.1 Å². The lowest BCUT2D eigenvalue weighted by molar-refractivity contribution is -0.117. The highest BCUT2D eigenvalue weighted by Crippen LogP contribution is 2.31. The number of benzene rings is 1. The average Bonchev–Trinajstić information content (AvgIpc) is 2.98. The summed E-state index contributed by atoms with van der Waals surface area (Å²) in [6, 6.07) is 6.57. The van der Waals surface area contributed by atoms with Gasteiger partial charge in [-0.3, -0.25) is 4.79 Å². The van der Waals surface area contributed by atoms with Gasteiger partial charge >= 0.3 is 0 Å². The van der Waals surface area contributed by atoms with Crippen molar-refractivity contribution in [3.63, 3.8) is 0 Å². The van der Waals surface area contributed by atoms with Gasteiger partial charge in [0.2, 0.25) is 5.91 Å². The van der Waals surface area contributed by atoms with Crippen LogP contribution in [0, 0.1) is 0 Å². The average molecular weight is 245 g/mol. The maximum atomic E-state index is 11.7. The van der Waals surface area contributed by atoms with E-state index in [-0.39, 0.29) is 11.9 Å². The third-order valence-corrected chi connectivity index (χ3v) is 4.10. The van der Waals surface area contributed by atoms with Gasteiger partial charge in [0.05, 0.1) is 6.42 Å². The molecule has 2 atom stereocenters. The summed E-state index contributed by atoms with van der Waals surface area (Å²) in [4.78, 5) is 13.4. The zero-order valence-corrected chi connectivity index (χ0v) is 10.6. The number of carbonyl (C=O) groups excluding carboxylic acids is 1. The number of hydrogen-bond acceptors (Lipinski definition) is 3. The van der Waals surface area contributed by atoms with Crippen LogP contribution in [0.5, 0.6) is 0 Å². The van der Waals surface area contributed by atoms with Gasteiger partial charge in [0.15, 0.2) is 0 Å². The first-order valence-electron chi connectivity index (χ1n) is 6.55. The Labute approximate surface area is 107 Å². The highest BCUT2D eigenvalue weighted by atomic mass is 16.2. The molecule has 0 bridgehead atoms.